The van der Waals surface area contributed by atoms with E-state index in [2.05, 4.69) is 32.1 Å². The molecule has 4 rings (SSSR count). The summed E-state index contributed by atoms with van der Waals surface area (Å²) in [6, 6.07) is 4.37. The van der Waals surface area contributed by atoms with Crippen molar-refractivity contribution in [3.8, 4) is 0 Å². The predicted octanol–water partition coefficient (Wildman–Crippen LogP) is -0.898. The van der Waals surface area contributed by atoms with E-state index >= 15 is 0 Å². The number of aromatic nitrogens is 4. The van der Waals surface area contributed by atoms with Crippen LogP contribution in [-0.2, 0) is 9.53 Å². The van der Waals surface area contributed by atoms with Gasteiger partial charge in [-0.1, -0.05) is 0 Å². The van der Waals surface area contributed by atoms with E-state index in [-0.39, 0.29) is 18.6 Å². The SMILES string of the molecule is CN1CC(CN(C)C2CN(c3ccc4nncn4n3)C2)OCC1=O. The number of anilines is 1. The monoisotopic (exact) mass is 331 g/mol. The zero-order chi connectivity index (χ0) is 16.7. The normalized spacial score (nSPS) is 22.5. The highest BCUT2D eigenvalue weighted by Gasteiger charge is 2.33. The number of carbonyl (C=O) groups excluding carboxylic acids is 1. The van der Waals surface area contributed by atoms with Crippen LogP contribution in [0.15, 0.2) is 18.5 Å². The van der Waals surface area contributed by atoms with Crippen molar-refractivity contribution in [3.05, 3.63) is 18.5 Å². The van der Waals surface area contributed by atoms with E-state index in [1.54, 1.807) is 15.7 Å². The molecule has 9 nitrogen and oxygen atoms in total. The zero-order valence-corrected chi connectivity index (χ0v) is 13.9. The summed E-state index contributed by atoms with van der Waals surface area (Å²) in [5.74, 6) is 0.991. The Morgan fingerprint density at radius 2 is 2.17 bits per heavy atom. The highest BCUT2D eigenvalue weighted by atomic mass is 16.5. The van der Waals surface area contributed by atoms with E-state index in [0.29, 0.717) is 12.6 Å². The Balaban J connectivity index is 1.31. The average molecular weight is 331 g/mol. The van der Waals surface area contributed by atoms with Gasteiger partial charge in [-0.3, -0.25) is 9.69 Å². The van der Waals surface area contributed by atoms with Gasteiger partial charge in [-0.15, -0.1) is 15.3 Å². The Labute approximate surface area is 139 Å². The summed E-state index contributed by atoms with van der Waals surface area (Å²) in [7, 11) is 3.94. The van der Waals surface area contributed by atoms with Gasteiger partial charge in [0.15, 0.2) is 5.65 Å². The minimum Gasteiger partial charge on any atom is -0.365 e. The molecule has 0 saturated carbocycles. The van der Waals surface area contributed by atoms with Crippen LogP contribution in [0.2, 0.25) is 0 Å². The highest BCUT2D eigenvalue weighted by Crippen LogP contribution is 2.22. The topological polar surface area (TPSA) is 79.1 Å². The van der Waals surface area contributed by atoms with E-state index in [1.807, 2.05) is 19.2 Å². The van der Waals surface area contributed by atoms with Crippen LogP contribution in [-0.4, -0.2) is 94.5 Å². The molecule has 2 aliphatic rings. The third kappa shape index (κ3) is 2.80. The molecule has 0 bridgehead atoms. The number of likely N-dealkylation sites (N-methyl/N-ethyl adjacent to an activating group) is 2. The van der Waals surface area contributed by atoms with Crippen molar-refractivity contribution in [2.75, 3.05) is 51.8 Å². The number of ether oxygens (including phenoxy) is 1. The Bertz CT molecular complexity index is 742. The number of amides is 1. The fourth-order valence-corrected chi connectivity index (χ4v) is 3.15. The number of rotatable bonds is 4. The second-order valence-corrected chi connectivity index (χ2v) is 6.53. The smallest absolute Gasteiger partial charge is 0.248 e. The van der Waals surface area contributed by atoms with Crippen LogP contribution in [0.3, 0.4) is 0 Å². The number of morpholine rings is 1. The Morgan fingerprint density at radius 3 is 2.96 bits per heavy atom. The maximum absolute atomic E-state index is 11.5. The fraction of sp³-hybridized carbons (Fsp3) is 0.600. The summed E-state index contributed by atoms with van der Waals surface area (Å²) in [6.07, 6.45) is 1.69. The van der Waals surface area contributed by atoms with Crippen molar-refractivity contribution >= 4 is 17.4 Å². The maximum Gasteiger partial charge on any atom is 0.248 e. The number of fused-ring (bicyclic) bond motifs is 1. The Kier molecular flexibility index (Phi) is 3.81. The summed E-state index contributed by atoms with van der Waals surface area (Å²) in [4.78, 5) is 17.7. The van der Waals surface area contributed by atoms with Gasteiger partial charge in [-0.05, 0) is 19.2 Å². The lowest BCUT2D eigenvalue weighted by atomic mass is 10.1. The summed E-state index contributed by atoms with van der Waals surface area (Å²) in [5, 5.41) is 12.3. The summed E-state index contributed by atoms with van der Waals surface area (Å²) >= 11 is 0. The molecular weight excluding hydrogens is 310 g/mol. The van der Waals surface area contributed by atoms with Gasteiger partial charge in [-0.25, -0.2) is 0 Å². The Hall–Kier alpha value is -2.26. The van der Waals surface area contributed by atoms with Crippen LogP contribution >= 0.6 is 0 Å². The first-order valence-electron chi connectivity index (χ1n) is 8.08. The van der Waals surface area contributed by atoms with Crippen molar-refractivity contribution < 1.29 is 9.53 Å². The molecule has 2 aliphatic heterocycles. The lowest BCUT2D eigenvalue weighted by Crippen LogP contribution is -2.61. The van der Waals surface area contributed by atoms with Crippen LogP contribution in [0.25, 0.3) is 5.65 Å². The molecule has 0 N–H and O–H groups in total. The molecule has 2 aromatic rings. The van der Waals surface area contributed by atoms with Crippen LogP contribution in [0, 0.1) is 0 Å². The number of hydrogen-bond acceptors (Lipinski definition) is 7. The Morgan fingerprint density at radius 1 is 1.33 bits per heavy atom. The second kappa shape index (κ2) is 5.99. The van der Waals surface area contributed by atoms with Crippen molar-refractivity contribution in [2.45, 2.75) is 12.1 Å². The molecule has 0 radical (unpaired) electrons. The lowest BCUT2D eigenvalue weighted by Gasteiger charge is -2.45. The van der Waals surface area contributed by atoms with Gasteiger partial charge in [0.05, 0.1) is 6.10 Å². The van der Waals surface area contributed by atoms with E-state index < -0.39 is 0 Å². The second-order valence-electron chi connectivity index (χ2n) is 6.53. The molecule has 2 fully saturated rings. The predicted molar refractivity (Wildman–Crippen MR) is 86.8 cm³/mol. The van der Waals surface area contributed by atoms with Crippen LogP contribution in [0.1, 0.15) is 0 Å². The molecule has 1 atom stereocenters. The zero-order valence-electron chi connectivity index (χ0n) is 13.9. The molecule has 2 saturated heterocycles. The van der Waals surface area contributed by atoms with Gasteiger partial charge < -0.3 is 14.5 Å². The van der Waals surface area contributed by atoms with Crippen molar-refractivity contribution in [1.82, 2.24) is 29.6 Å². The molecule has 4 heterocycles. The van der Waals surface area contributed by atoms with Crippen LogP contribution < -0.4 is 4.90 Å². The third-order valence-electron chi connectivity index (χ3n) is 4.79. The minimum absolute atomic E-state index is 0.0548. The molecular formula is C15H21N7O2. The molecule has 9 heteroatoms. The molecule has 0 spiro atoms. The number of nitrogens with zero attached hydrogens (tertiary/aromatic N) is 7. The molecule has 24 heavy (non-hydrogen) atoms. The molecule has 0 aliphatic carbocycles. The first-order chi connectivity index (χ1) is 11.6. The van der Waals surface area contributed by atoms with Gasteiger partial charge in [-0.2, -0.15) is 4.52 Å². The molecule has 1 amide bonds. The summed E-state index contributed by atoms with van der Waals surface area (Å²) in [6.45, 7) is 3.53. The number of hydrogen-bond donors (Lipinski definition) is 0. The van der Waals surface area contributed by atoms with Gasteiger partial charge in [0.2, 0.25) is 5.91 Å². The van der Waals surface area contributed by atoms with E-state index in [4.69, 9.17) is 4.74 Å². The lowest BCUT2D eigenvalue weighted by molar-refractivity contribution is -0.147. The number of carbonyl (C=O) groups is 1. The summed E-state index contributed by atoms with van der Waals surface area (Å²) < 4.78 is 7.31. The van der Waals surface area contributed by atoms with Gasteiger partial charge in [0.25, 0.3) is 0 Å². The largest absolute Gasteiger partial charge is 0.365 e. The van der Waals surface area contributed by atoms with Gasteiger partial charge in [0, 0.05) is 39.3 Å². The third-order valence-corrected chi connectivity index (χ3v) is 4.79. The quantitative estimate of drug-likeness (QED) is 0.718. The van der Waals surface area contributed by atoms with Gasteiger partial charge >= 0.3 is 0 Å². The first-order valence-corrected chi connectivity index (χ1v) is 8.08. The fourth-order valence-electron chi connectivity index (χ4n) is 3.15. The van der Waals surface area contributed by atoms with Crippen molar-refractivity contribution in [1.29, 1.82) is 0 Å². The van der Waals surface area contributed by atoms with E-state index in [0.717, 1.165) is 31.1 Å². The van der Waals surface area contributed by atoms with Crippen molar-refractivity contribution in [2.24, 2.45) is 0 Å². The minimum atomic E-state index is 0.0548. The average Bonchev–Trinajstić information content (AvgIpc) is 2.97. The molecule has 2 aromatic heterocycles. The molecule has 0 aromatic carbocycles. The standard InChI is InChI=1S/C15H21N7O2/c1-19(7-12-8-20(2)15(23)9-24-12)11-5-21(6-11)14-4-3-13-17-16-10-22(13)18-14/h3-4,10-12H,5-9H2,1-2H3. The van der Waals surface area contributed by atoms with E-state index in [1.165, 1.54) is 0 Å². The first kappa shape index (κ1) is 15.3. The highest BCUT2D eigenvalue weighted by molar-refractivity contribution is 5.77. The molecule has 1 unspecified atom stereocenters. The van der Waals surface area contributed by atoms with Crippen molar-refractivity contribution in [3.63, 3.8) is 0 Å². The maximum atomic E-state index is 11.5. The molecule has 128 valence electrons. The van der Waals surface area contributed by atoms with E-state index in [9.17, 15) is 4.79 Å². The summed E-state index contributed by atoms with van der Waals surface area (Å²) in [5.41, 5.74) is 0.751. The van der Waals surface area contributed by atoms with Crippen LogP contribution in [0.4, 0.5) is 5.82 Å². The van der Waals surface area contributed by atoms with Gasteiger partial charge in [0.1, 0.15) is 18.8 Å². The van der Waals surface area contributed by atoms with Crippen LogP contribution in [0.5, 0.6) is 0 Å².